The van der Waals surface area contributed by atoms with Crippen LogP contribution < -0.4 is 0 Å². The third-order valence-corrected chi connectivity index (χ3v) is 4.25. The molecule has 0 amide bonds. The van der Waals surface area contributed by atoms with Crippen molar-refractivity contribution in [2.75, 3.05) is 0 Å². The first-order valence-corrected chi connectivity index (χ1v) is 6.66. The highest BCUT2D eigenvalue weighted by atomic mass is 19.1. The Kier molecular flexibility index (Phi) is 3.05. The van der Waals surface area contributed by atoms with Gasteiger partial charge in [0.25, 0.3) is 0 Å². The highest BCUT2D eigenvalue weighted by Gasteiger charge is 2.52. The average molecular weight is 270 g/mol. The zero-order valence-corrected chi connectivity index (χ0v) is 10.9. The van der Waals surface area contributed by atoms with E-state index in [1.54, 1.807) is 12.1 Å². The van der Waals surface area contributed by atoms with Crippen LogP contribution in [-0.4, -0.2) is 11.1 Å². The van der Waals surface area contributed by atoms with Gasteiger partial charge in [0, 0.05) is 0 Å². The predicted octanol–water partition coefficient (Wildman–Crippen LogP) is 3.73. The summed E-state index contributed by atoms with van der Waals surface area (Å²) in [5.74, 6) is -1.02. The van der Waals surface area contributed by atoms with Gasteiger partial charge in [-0.1, -0.05) is 42.5 Å². The van der Waals surface area contributed by atoms with E-state index in [1.807, 2.05) is 30.3 Å². The summed E-state index contributed by atoms with van der Waals surface area (Å²) in [6.45, 7) is 0. The van der Waals surface area contributed by atoms with Crippen LogP contribution in [0.5, 0.6) is 0 Å². The molecule has 0 saturated heterocycles. The molecule has 0 aliphatic heterocycles. The molecule has 0 unspecified atom stereocenters. The topological polar surface area (TPSA) is 37.3 Å². The van der Waals surface area contributed by atoms with Crippen LogP contribution in [0.4, 0.5) is 4.39 Å². The fourth-order valence-corrected chi connectivity index (χ4v) is 3.06. The van der Waals surface area contributed by atoms with E-state index < -0.39 is 11.4 Å². The fourth-order valence-electron chi connectivity index (χ4n) is 3.06. The molecule has 0 spiro atoms. The first-order valence-electron chi connectivity index (χ1n) is 6.66. The van der Waals surface area contributed by atoms with Gasteiger partial charge >= 0.3 is 5.97 Å². The Morgan fingerprint density at radius 2 is 1.80 bits per heavy atom. The van der Waals surface area contributed by atoms with E-state index in [1.165, 1.54) is 12.1 Å². The van der Waals surface area contributed by atoms with Gasteiger partial charge in [-0.25, -0.2) is 4.39 Å². The first kappa shape index (κ1) is 12.9. The molecule has 3 rings (SSSR count). The van der Waals surface area contributed by atoms with Crippen molar-refractivity contribution >= 4 is 5.97 Å². The van der Waals surface area contributed by atoms with Crippen molar-refractivity contribution in [2.24, 2.45) is 0 Å². The lowest BCUT2D eigenvalue weighted by molar-refractivity contribution is -0.148. The maximum Gasteiger partial charge on any atom is 0.314 e. The third-order valence-electron chi connectivity index (χ3n) is 4.25. The lowest BCUT2D eigenvalue weighted by Gasteiger charge is -2.45. The number of carboxylic acid groups (broad SMARTS) is 1. The SMILES string of the molecule is O=C(O)C1(c2cccc(F)c2)CC(c2ccccc2)C1. The monoisotopic (exact) mass is 270 g/mol. The molecule has 2 nitrogen and oxygen atoms in total. The van der Waals surface area contributed by atoms with Crippen molar-refractivity contribution in [3.05, 3.63) is 71.5 Å². The minimum Gasteiger partial charge on any atom is -0.481 e. The van der Waals surface area contributed by atoms with E-state index in [-0.39, 0.29) is 11.7 Å². The zero-order valence-electron chi connectivity index (χ0n) is 10.9. The largest absolute Gasteiger partial charge is 0.481 e. The van der Waals surface area contributed by atoms with Gasteiger partial charge in [0.05, 0.1) is 5.41 Å². The first-order chi connectivity index (χ1) is 9.62. The Balaban J connectivity index is 1.89. The highest BCUT2D eigenvalue weighted by molar-refractivity contribution is 5.83. The molecular weight excluding hydrogens is 255 g/mol. The normalized spacial score (nSPS) is 24.9. The van der Waals surface area contributed by atoms with Gasteiger partial charge in [-0.3, -0.25) is 4.79 Å². The number of carboxylic acids is 1. The third kappa shape index (κ3) is 1.99. The summed E-state index contributed by atoms with van der Waals surface area (Å²) < 4.78 is 13.3. The van der Waals surface area contributed by atoms with Crippen LogP contribution in [0.15, 0.2) is 54.6 Å². The number of hydrogen-bond acceptors (Lipinski definition) is 1. The van der Waals surface area contributed by atoms with Gasteiger partial charge < -0.3 is 5.11 Å². The van der Waals surface area contributed by atoms with Gasteiger partial charge in [0.2, 0.25) is 0 Å². The summed E-state index contributed by atoms with van der Waals surface area (Å²) in [5.41, 5.74) is 0.778. The van der Waals surface area contributed by atoms with Gasteiger partial charge in [-0.15, -0.1) is 0 Å². The molecule has 1 aliphatic rings. The van der Waals surface area contributed by atoms with Gasteiger partial charge in [0.15, 0.2) is 0 Å². The molecule has 1 aliphatic carbocycles. The summed E-state index contributed by atoms with van der Waals surface area (Å²) in [7, 11) is 0. The van der Waals surface area contributed by atoms with E-state index >= 15 is 0 Å². The molecule has 2 aromatic carbocycles. The summed E-state index contributed by atoms with van der Waals surface area (Å²) in [4.78, 5) is 11.7. The number of carbonyl (C=O) groups is 1. The number of benzene rings is 2. The molecule has 0 aromatic heterocycles. The second kappa shape index (κ2) is 4.75. The Bertz CT molecular complexity index is 630. The van der Waals surface area contributed by atoms with Crippen molar-refractivity contribution in [2.45, 2.75) is 24.2 Å². The lowest BCUT2D eigenvalue weighted by Crippen LogP contribution is -2.46. The van der Waals surface area contributed by atoms with Crippen LogP contribution in [-0.2, 0) is 10.2 Å². The van der Waals surface area contributed by atoms with Gasteiger partial charge in [0.1, 0.15) is 5.82 Å². The Morgan fingerprint density at radius 1 is 1.10 bits per heavy atom. The number of aliphatic carboxylic acids is 1. The van der Waals surface area contributed by atoms with Gasteiger partial charge in [-0.05, 0) is 42.0 Å². The highest BCUT2D eigenvalue weighted by Crippen LogP contribution is 2.52. The molecule has 102 valence electrons. The molecular formula is C17H15FO2. The molecule has 1 fully saturated rings. The summed E-state index contributed by atoms with van der Waals surface area (Å²) in [6, 6.07) is 15.9. The van der Waals surface area contributed by atoms with E-state index in [2.05, 4.69) is 0 Å². The van der Waals surface area contributed by atoms with Crippen molar-refractivity contribution in [3.8, 4) is 0 Å². The standard InChI is InChI=1S/C17H15FO2/c18-15-8-4-7-14(9-15)17(16(19)20)10-13(11-17)12-5-2-1-3-6-12/h1-9,13H,10-11H2,(H,19,20). The van der Waals surface area contributed by atoms with Crippen LogP contribution in [0.25, 0.3) is 0 Å². The van der Waals surface area contributed by atoms with Crippen molar-refractivity contribution in [1.29, 1.82) is 0 Å². The fraction of sp³-hybridized carbons (Fsp3) is 0.235. The quantitative estimate of drug-likeness (QED) is 0.922. The van der Waals surface area contributed by atoms with Crippen LogP contribution in [0.1, 0.15) is 29.9 Å². The molecule has 2 aromatic rings. The second-order valence-corrected chi connectivity index (χ2v) is 5.41. The summed E-state index contributed by atoms with van der Waals surface area (Å²) in [5, 5.41) is 9.57. The number of hydrogen-bond donors (Lipinski definition) is 1. The second-order valence-electron chi connectivity index (χ2n) is 5.41. The summed E-state index contributed by atoms with van der Waals surface area (Å²) in [6.07, 6.45) is 1.05. The van der Waals surface area contributed by atoms with E-state index in [0.717, 1.165) is 5.56 Å². The van der Waals surface area contributed by atoms with Crippen molar-refractivity contribution < 1.29 is 14.3 Å². The van der Waals surface area contributed by atoms with Crippen molar-refractivity contribution in [1.82, 2.24) is 0 Å². The molecule has 0 radical (unpaired) electrons. The van der Waals surface area contributed by atoms with Crippen LogP contribution in [0, 0.1) is 5.82 Å². The van der Waals surface area contributed by atoms with Crippen LogP contribution in [0.2, 0.25) is 0 Å². The number of rotatable bonds is 3. The Morgan fingerprint density at radius 3 is 2.40 bits per heavy atom. The molecule has 20 heavy (non-hydrogen) atoms. The molecule has 0 atom stereocenters. The van der Waals surface area contributed by atoms with E-state index in [0.29, 0.717) is 18.4 Å². The molecule has 0 bridgehead atoms. The minimum atomic E-state index is -0.942. The molecule has 1 N–H and O–H groups in total. The smallest absolute Gasteiger partial charge is 0.314 e. The molecule has 0 heterocycles. The number of halogens is 1. The average Bonchev–Trinajstić information content (AvgIpc) is 2.38. The molecule has 1 saturated carbocycles. The lowest BCUT2D eigenvalue weighted by atomic mass is 9.57. The van der Waals surface area contributed by atoms with Crippen LogP contribution in [0.3, 0.4) is 0 Å². The predicted molar refractivity (Wildman–Crippen MR) is 74.1 cm³/mol. The van der Waals surface area contributed by atoms with E-state index in [4.69, 9.17) is 0 Å². The Hall–Kier alpha value is -2.16. The van der Waals surface area contributed by atoms with Crippen LogP contribution >= 0.6 is 0 Å². The minimum absolute atomic E-state index is 0.232. The Labute approximate surface area is 116 Å². The van der Waals surface area contributed by atoms with Gasteiger partial charge in [-0.2, -0.15) is 0 Å². The summed E-state index contributed by atoms with van der Waals surface area (Å²) >= 11 is 0. The molecule has 3 heteroatoms. The van der Waals surface area contributed by atoms with E-state index in [9.17, 15) is 14.3 Å². The van der Waals surface area contributed by atoms with Crippen molar-refractivity contribution in [3.63, 3.8) is 0 Å². The maximum absolute atomic E-state index is 13.3. The zero-order chi connectivity index (χ0) is 14.2. The maximum atomic E-state index is 13.3.